The van der Waals surface area contributed by atoms with Crippen molar-refractivity contribution in [1.29, 1.82) is 0 Å². The molecule has 0 radical (unpaired) electrons. The molecule has 3 nitrogen and oxygen atoms in total. The van der Waals surface area contributed by atoms with Crippen LogP contribution in [0.15, 0.2) is 0 Å². The van der Waals surface area contributed by atoms with Gasteiger partial charge in [0.15, 0.2) is 0 Å². The molecule has 2 rings (SSSR count). The molecule has 2 atom stereocenters. The summed E-state index contributed by atoms with van der Waals surface area (Å²) in [6.07, 6.45) is 7.05. The lowest BCUT2D eigenvalue weighted by Crippen LogP contribution is -2.66. The maximum Gasteiger partial charge on any atom is 0.432 e. The minimum atomic E-state index is -2.29. The first kappa shape index (κ1) is 15.5. The third-order valence-corrected chi connectivity index (χ3v) is 9.45. The normalized spacial score (nSPS) is 30.2. The first-order valence-electron chi connectivity index (χ1n) is 7.80. The van der Waals surface area contributed by atoms with Gasteiger partial charge in [0.1, 0.15) is 0 Å². The van der Waals surface area contributed by atoms with Crippen LogP contribution >= 0.6 is 0 Å². The summed E-state index contributed by atoms with van der Waals surface area (Å²) in [6.45, 7) is 9.14. The molecule has 1 aliphatic carbocycles. The standard InChI is InChI=1S/C15H31NO2Si/c1-15(2,3)19(17-4,18-5)16-11-10-13-8-6-7-9-14(13)12-16/h13-14H,6-12H2,1-5H3. The summed E-state index contributed by atoms with van der Waals surface area (Å²) < 4.78 is 14.6. The van der Waals surface area contributed by atoms with E-state index >= 15 is 0 Å². The Kier molecular flexibility index (Phi) is 4.76. The molecule has 0 bridgehead atoms. The molecule has 0 N–H and O–H groups in total. The smallest absolute Gasteiger partial charge is 0.386 e. The van der Waals surface area contributed by atoms with Gasteiger partial charge in [-0.2, -0.15) is 0 Å². The van der Waals surface area contributed by atoms with Gasteiger partial charge in [0, 0.05) is 19.3 Å². The summed E-state index contributed by atoms with van der Waals surface area (Å²) in [4.78, 5) is 0. The molecule has 112 valence electrons. The fraction of sp³-hybridized carbons (Fsp3) is 1.00. The molecule has 0 aromatic heterocycles. The number of hydrogen-bond acceptors (Lipinski definition) is 3. The van der Waals surface area contributed by atoms with Crippen molar-refractivity contribution in [3.63, 3.8) is 0 Å². The second-order valence-corrected chi connectivity index (χ2v) is 11.4. The van der Waals surface area contributed by atoms with Gasteiger partial charge in [-0.15, -0.1) is 0 Å². The van der Waals surface area contributed by atoms with Crippen LogP contribution in [-0.2, 0) is 8.85 Å². The molecule has 0 aromatic rings. The largest absolute Gasteiger partial charge is 0.432 e. The molecular weight excluding hydrogens is 254 g/mol. The highest BCUT2D eigenvalue weighted by Crippen LogP contribution is 2.44. The fourth-order valence-corrected chi connectivity index (χ4v) is 8.05. The molecular formula is C15H31NO2Si. The maximum atomic E-state index is 6.01. The molecule has 0 amide bonds. The number of rotatable bonds is 3. The Morgan fingerprint density at radius 2 is 1.53 bits per heavy atom. The first-order chi connectivity index (χ1) is 8.94. The van der Waals surface area contributed by atoms with Crippen LogP contribution in [0.3, 0.4) is 0 Å². The topological polar surface area (TPSA) is 21.7 Å². The second kappa shape index (κ2) is 5.84. The van der Waals surface area contributed by atoms with Crippen molar-refractivity contribution in [3.8, 4) is 0 Å². The zero-order chi connectivity index (χ0) is 14.1. The van der Waals surface area contributed by atoms with E-state index in [9.17, 15) is 0 Å². The summed E-state index contributed by atoms with van der Waals surface area (Å²) in [5, 5.41) is 0.0814. The number of nitrogens with zero attached hydrogens (tertiary/aromatic N) is 1. The van der Waals surface area contributed by atoms with E-state index in [2.05, 4.69) is 25.3 Å². The molecule has 1 aliphatic heterocycles. The monoisotopic (exact) mass is 285 g/mol. The van der Waals surface area contributed by atoms with Crippen molar-refractivity contribution in [3.05, 3.63) is 0 Å². The minimum Gasteiger partial charge on any atom is -0.386 e. The van der Waals surface area contributed by atoms with Gasteiger partial charge < -0.3 is 8.85 Å². The number of hydrogen-bond donors (Lipinski definition) is 0. The van der Waals surface area contributed by atoms with Crippen molar-refractivity contribution in [1.82, 2.24) is 4.57 Å². The predicted octanol–water partition coefficient (Wildman–Crippen LogP) is 3.53. The van der Waals surface area contributed by atoms with Gasteiger partial charge in [-0.3, -0.25) is 4.57 Å². The van der Waals surface area contributed by atoms with E-state index in [0.29, 0.717) is 0 Å². The summed E-state index contributed by atoms with van der Waals surface area (Å²) in [7, 11) is 1.40. The van der Waals surface area contributed by atoms with Gasteiger partial charge in [-0.1, -0.05) is 40.0 Å². The molecule has 1 saturated heterocycles. The Bertz CT molecular complexity index is 299. The average molecular weight is 286 g/mol. The molecule has 0 spiro atoms. The van der Waals surface area contributed by atoms with E-state index in [1.165, 1.54) is 38.6 Å². The van der Waals surface area contributed by atoms with Crippen molar-refractivity contribution >= 4 is 8.72 Å². The van der Waals surface area contributed by atoms with Crippen LogP contribution in [0.4, 0.5) is 0 Å². The van der Waals surface area contributed by atoms with Crippen molar-refractivity contribution in [2.24, 2.45) is 11.8 Å². The average Bonchev–Trinajstić information content (AvgIpc) is 2.39. The van der Waals surface area contributed by atoms with Gasteiger partial charge in [-0.05, 0) is 37.8 Å². The van der Waals surface area contributed by atoms with E-state index in [4.69, 9.17) is 8.85 Å². The number of piperidine rings is 1. The maximum absolute atomic E-state index is 6.01. The Balaban J connectivity index is 2.15. The minimum absolute atomic E-state index is 0.0814. The van der Waals surface area contributed by atoms with Gasteiger partial charge in [0.25, 0.3) is 0 Å². The summed E-state index contributed by atoms with van der Waals surface area (Å²) >= 11 is 0. The lowest BCUT2D eigenvalue weighted by atomic mass is 9.76. The van der Waals surface area contributed by atoms with Crippen LogP contribution in [0.1, 0.15) is 52.9 Å². The highest BCUT2D eigenvalue weighted by Gasteiger charge is 2.55. The van der Waals surface area contributed by atoms with E-state index in [1.807, 2.05) is 14.2 Å². The zero-order valence-electron chi connectivity index (χ0n) is 13.4. The van der Waals surface area contributed by atoms with Crippen LogP contribution in [0.5, 0.6) is 0 Å². The van der Waals surface area contributed by atoms with Crippen molar-refractivity contribution in [2.75, 3.05) is 27.3 Å². The van der Waals surface area contributed by atoms with Crippen LogP contribution in [0.25, 0.3) is 0 Å². The molecule has 1 saturated carbocycles. The summed E-state index contributed by atoms with van der Waals surface area (Å²) in [5.74, 6) is 1.84. The van der Waals surface area contributed by atoms with E-state index in [1.54, 1.807) is 0 Å². The van der Waals surface area contributed by atoms with Crippen molar-refractivity contribution < 1.29 is 8.85 Å². The Morgan fingerprint density at radius 3 is 2.05 bits per heavy atom. The molecule has 4 heteroatoms. The second-order valence-electron chi connectivity index (χ2n) is 7.28. The lowest BCUT2D eigenvalue weighted by molar-refractivity contribution is 0.0688. The molecule has 2 fully saturated rings. The third-order valence-electron chi connectivity index (χ3n) is 5.21. The molecule has 2 aliphatic rings. The Labute approximate surface area is 120 Å². The van der Waals surface area contributed by atoms with E-state index < -0.39 is 8.72 Å². The summed E-state index contributed by atoms with van der Waals surface area (Å²) in [6, 6.07) is 0. The lowest BCUT2D eigenvalue weighted by Gasteiger charge is -2.51. The fourth-order valence-electron chi connectivity index (χ4n) is 4.30. The molecule has 1 heterocycles. The molecule has 0 aromatic carbocycles. The zero-order valence-corrected chi connectivity index (χ0v) is 14.4. The molecule has 2 unspecified atom stereocenters. The SMILES string of the molecule is CO[Si](OC)(N1CCC2CCCCC2C1)C(C)(C)C. The van der Waals surface area contributed by atoms with Gasteiger partial charge in [0.2, 0.25) is 0 Å². The van der Waals surface area contributed by atoms with Crippen LogP contribution in [0.2, 0.25) is 5.04 Å². The first-order valence-corrected chi connectivity index (χ1v) is 9.56. The van der Waals surface area contributed by atoms with Crippen molar-refractivity contribution in [2.45, 2.75) is 57.9 Å². The number of fused-ring (bicyclic) bond motifs is 1. The van der Waals surface area contributed by atoms with Crippen LogP contribution < -0.4 is 0 Å². The Morgan fingerprint density at radius 1 is 0.947 bits per heavy atom. The van der Waals surface area contributed by atoms with Gasteiger partial charge >= 0.3 is 8.72 Å². The third kappa shape index (κ3) is 2.78. The molecule has 19 heavy (non-hydrogen) atoms. The van der Waals surface area contributed by atoms with Crippen LogP contribution in [-0.4, -0.2) is 40.6 Å². The predicted molar refractivity (Wildman–Crippen MR) is 81.1 cm³/mol. The van der Waals surface area contributed by atoms with Crippen LogP contribution in [0, 0.1) is 11.8 Å². The van der Waals surface area contributed by atoms with E-state index in [0.717, 1.165) is 18.4 Å². The van der Waals surface area contributed by atoms with Gasteiger partial charge in [-0.25, -0.2) is 0 Å². The summed E-state index contributed by atoms with van der Waals surface area (Å²) in [5.41, 5.74) is 0. The van der Waals surface area contributed by atoms with Gasteiger partial charge in [0.05, 0.1) is 0 Å². The highest BCUT2D eigenvalue weighted by atomic mass is 28.4. The highest BCUT2D eigenvalue weighted by molar-refractivity contribution is 6.67. The van der Waals surface area contributed by atoms with E-state index in [-0.39, 0.29) is 5.04 Å². The quantitative estimate of drug-likeness (QED) is 0.741. The Hall–Kier alpha value is 0.0969.